The predicted molar refractivity (Wildman–Crippen MR) is 108 cm³/mol. The molecule has 3 aromatic rings. The second-order valence-corrected chi connectivity index (χ2v) is 7.07. The number of nitrogens with zero attached hydrogens (tertiary/aromatic N) is 2. The Morgan fingerprint density at radius 2 is 1.84 bits per heavy atom. The normalized spacial score (nSPS) is 13.1. The molecule has 162 valence electrons. The molecule has 1 N–H and O–H groups in total. The van der Waals surface area contributed by atoms with Gasteiger partial charge in [0.25, 0.3) is 5.91 Å². The molecule has 31 heavy (non-hydrogen) atoms. The molecule has 0 unspecified atom stereocenters. The number of ether oxygens (including phenoxy) is 2. The highest BCUT2D eigenvalue weighted by Crippen LogP contribution is 2.32. The molecule has 2 aromatic carbocycles. The van der Waals surface area contributed by atoms with E-state index in [1.54, 1.807) is 16.8 Å². The van der Waals surface area contributed by atoms with Crippen LogP contribution in [0.2, 0.25) is 0 Å². The van der Waals surface area contributed by atoms with Crippen LogP contribution in [0.3, 0.4) is 0 Å². The van der Waals surface area contributed by atoms with E-state index in [9.17, 15) is 18.0 Å². The maximum atomic E-state index is 13.3. The summed E-state index contributed by atoms with van der Waals surface area (Å²) in [6.45, 7) is -3.03. The lowest BCUT2D eigenvalue weighted by Crippen LogP contribution is -2.16. The Morgan fingerprint density at radius 3 is 2.55 bits per heavy atom. The van der Waals surface area contributed by atoms with Crippen molar-refractivity contribution >= 4 is 11.6 Å². The van der Waals surface area contributed by atoms with Gasteiger partial charge in [0.15, 0.2) is 17.2 Å². The van der Waals surface area contributed by atoms with E-state index in [1.807, 2.05) is 0 Å². The van der Waals surface area contributed by atoms with Crippen LogP contribution in [0.4, 0.5) is 18.9 Å². The molecule has 1 aliphatic carbocycles. The quantitative estimate of drug-likeness (QED) is 0.612. The van der Waals surface area contributed by atoms with Crippen LogP contribution in [-0.4, -0.2) is 29.4 Å². The summed E-state index contributed by atoms with van der Waals surface area (Å²) in [6.07, 6.45) is 3.34. The van der Waals surface area contributed by atoms with Crippen LogP contribution in [-0.2, 0) is 12.8 Å². The highest BCUT2D eigenvalue weighted by molar-refractivity contribution is 6.04. The molecule has 0 atom stereocenters. The van der Waals surface area contributed by atoms with Crippen LogP contribution < -0.4 is 14.8 Å². The van der Waals surface area contributed by atoms with Gasteiger partial charge in [0.05, 0.1) is 12.8 Å². The summed E-state index contributed by atoms with van der Waals surface area (Å²) in [7, 11) is 1.33. The summed E-state index contributed by atoms with van der Waals surface area (Å²) in [4.78, 5) is 13.0. The van der Waals surface area contributed by atoms with Crippen LogP contribution in [0, 0.1) is 5.82 Å². The Labute approximate surface area is 176 Å². The van der Waals surface area contributed by atoms with Crippen LogP contribution >= 0.6 is 0 Å². The number of hydrogen-bond donors (Lipinski definition) is 1. The minimum absolute atomic E-state index is 0.122. The van der Waals surface area contributed by atoms with Crippen LogP contribution in [0.5, 0.6) is 11.5 Å². The highest BCUT2D eigenvalue weighted by Gasteiger charge is 2.26. The predicted octanol–water partition coefficient (Wildman–Crippen LogP) is 4.75. The van der Waals surface area contributed by atoms with Crippen LogP contribution in [0.15, 0.2) is 42.5 Å². The van der Waals surface area contributed by atoms with Gasteiger partial charge in [0.1, 0.15) is 5.82 Å². The van der Waals surface area contributed by atoms with Crippen molar-refractivity contribution < 1.29 is 27.4 Å². The van der Waals surface area contributed by atoms with Crippen molar-refractivity contribution in [2.45, 2.75) is 32.3 Å². The zero-order chi connectivity index (χ0) is 22.0. The molecule has 0 fully saturated rings. The Morgan fingerprint density at radius 1 is 1.10 bits per heavy atom. The molecular weight excluding hydrogens is 411 g/mol. The van der Waals surface area contributed by atoms with Crippen molar-refractivity contribution in [1.29, 1.82) is 0 Å². The smallest absolute Gasteiger partial charge is 0.387 e. The van der Waals surface area contributed by atoms with Gasteiger partial charge < -0.3 is 14.8 Å². The Balaban J connectivity index is 1.65. The molecule has 0 saturated carbocycles. The molecule has 6 nitrogen and oxygen atoms in total. The Hall–Kier alpha value is -3.49. The standard InChI is InChI=1S/C22H20F3N3O3/c1-30-18-11-8-14(12-19(18)31-22(24)25)26-21(29)20-16-4-2-3-5-17(16)28(27-20)15-9-6-13(23)7-10-15/h6-12,22H,2-5H2,1H3,(H,26,29). The number of anilines is 1. The third-order valence-electron chi connectivity index (χ3n) is 5.10. The van der Waals surface area contributed by atoms with Crippen molar-refractivity contribution in [2.75, 3.05) is 12.4 Å². The number of halogens is 3. The fourth-order valence-corrected chi connectivity index (χ4v) is 3.71. The number of rotatable bonds is 6. The molecule has 9 heteroatoms. The van der Waals surface area contributed by atoms with Crippen molar-refractivity contribution in [3.05, 3.63) is 65.2 Å². The molecule has 0 spiro atoms. The van der Waals surface area contributed by atoms with Crippen molar-refractivity contribution in [1.82, 2.24) is 9.78 Å². The van der Waals surface area contributed by atoms with E-state index in [-0.39, 0.29) is 28.7 Å². The zero-order valence-electron chi connectivity index (χ0n) is 16.7. The van der Waals surface area contributed by atoms with E-state index in [0.717, 1.165) is 30.5 Å². The zero-order valence-corrected chi connectivity index (χ0v) is 16.7. The van der Waals surface area contributed by atoms with Gasteiger partial charge >= 0.3 is 6.61 Å². The third-order valence-corrected chi connectivity index (χ3v) is 5.10. The number of methoxy groups -OCH3 is 1. The Bertz CT molecular complexity index is 1100. The second kappa shape index (κ2) is 8.71. The molecule has 4 rings (SSSR count). The van der Waals surface area contributed by atoms with Gasteiger partial charge in [0, 0.05) is 23.0 Å². The largest absolute Gasteiger partial charge is 0.493 e. The summed E-state index contributed by atoms with van der Waals surface area (Å²) in [6, 6.07) is 10.1. The number of nitrogens with one attached hydrogen (secondary N) is 1. The lowest BCUT2D eigenvalue weighted by molar-refractivity contribution is -0.0511. The van der Waals surface area contributed by atoms with Crippen LogP contribution in [0.25, 0.3) is 5.69 Å². The number of hydrogen-bond acceptors (Lipinski definition) is 4. The first-order valence-corrected chi connectivity index (χ1v) is 9.77. The van der Waals surface area contributed by atoms with Crippen molar-refractivity contribution in [2.24, 2.45) is 0 Å². The summed E-state index contributed by atoms with van der Waals surface area (Å²) in [5.41, 5.74) is 2.94. The molecule has 0 aliphatic heterocycles. The maximum absolute atomic E-state index is 13.3. The number of amides is 1. The molecule has 0 bridgehead atoms. The van der Waals surface area contributed by atoms with E-state index in [2.05, 4.69) is 15.2 Å². The Kier molecular flexibility index (Phi) is 5.83. The van der Waals surface area contributed by atoms with E-state index >= 15 is 0 Å². The van der Waals surface area contributed by atoms with Gasteiger partial charge in [-0.2, -0.15) is 13.9 Å². The number of aromatic nitrogens is 2. The van der Waals surface area contributed by atoms with Gasteiger partial charge in [0.2, 0.25) is 0 Å². The summed E-state index contributed by atoms with van der Waals surface area (Å²) < 4.78 is 49.8. The molecule has 0 saturated heterocycles. The molecule has 1 amide bonds. The lowest BCUT2D eigenvalue weighted by atomic mass is 9.95. The van der Waals surface area contributed by atoms with Gasteiger partial charge in [-0.3, -0.25) is 4.79 Å². The van der Waals surface area contributed by atoms with E-state index in [1.165, 1.54) is 37.4 Å². The highest BCUT2D eigenvalue weighted by atomic mass is 19.3. The SMILES string of the molecule is COc1ccc(NC(=O)c2nn(-c3ccc(F)cc3)c3c2CCCC3)cc1OC(F)F. The summed E-state index contributed by atoms with van der Waals surface area (Å²) in [5, 5.41) is 7.19. The second-order valence-electron chi connectivity index (χ2n) is 7.07. The number of alkyl halides is 2. The van der Waals surface area contributed by atoms with E-state index in [0.29, 0.717) is 12.1 Å². The van der Waals surface area contributed by atoms with Gasteiger partial charge in [-0.05, 0) is 62.1 Å². The first-order valence-electron chi connectivity index (χ1n) is 9.77. The fraction of sp³-hybridized carbons (Fsp3) is 0.273. The minimum Gasteiger partial charge on any atom is -0.493 e. The van der Waals surface area contributed by atoms with Crippen molar-refractivity contribution in [3.8, 4) is 17.2 Å². The van der Waals surface area contributed by atoms with Crippen LogP contribution in [0.1, 0.15) is 34.6 Å². The minimum atomic E-state index is -3.03. The lowest BCUT2D eigenvalue weighted by Gasteiger charge is -2.14. The third kappa shape index (κ3) is 4.35. The number of fused-ring (bicyclic) bond motifs is 1. The first-order chi connectivity index (χ1) is 15.0. The number of carbonyl (C=O) groups excluding carboxylic acids is 1. The number of carbonyl (C=O) groups is 1. The molecule has 0 radical (unpaired) electrons. The molecular formula is C22H20F3N3O3. The molecule has 1 aromatic heterocycles. The first kappa shape index (κ1) is 20.8. The van der Waals surface area contributed by atoms with Gasteiger partial charge in [-0.1, -0.05) is 0 Å². The summed E-state index contributed by atoms with van der Waals surface area (Å²) in [5.74, 6) is -0.887. The average molecular weight is 431 g/mol. The van der Waals surface area contributed by atoms with Crippen molar-refractivity contribution in [3.63, 3.8) is 0 Å². The van der Waals surface area contributed by atoms with E-state index in [4.69, 9.17) is 4.74 Å². The van der Waals surface area contributed by atoms with E-state index < -0.39 is 12.5 Å². The average Bonchev–Trinajstić information content (AvgIpc) is 3.14. The maximum Gasteiger partial charge on any atom is 0.387 e. The van der Waals surface area contributed by atoms with Gasteiger partial charge in [-0.15, -0.1) is 0 Å². The topological polar surface area (TPSA) is 65.4 Å². The fourth-order valence-electron chi connectivity index (χ4n) is 3.71. The van der Waals surface area contributed by atoms with Gasteiger partial charge in [-0.25, -0.2) is 9.07 Å². The number of benzene rings is 2. The molecule has 1 aliphatic rings. The monoisotopic (exact) mass is 431 g/mol. The summed E-state index contributed by atoms with van der Waals surface area (Å²) >= 11 is 0. The molecule has 1 heterocycles.